The van der Waals surface area contributed by atoms with Crippen LogP contribution in [-0.4, -0.2) is 18.3 Å². The van der Waals surface area contributed by atoms with Gasteiger partial charge in [0.05, 0.1) is 13.2 Å². The maximum atomic E-state index is 9.46. The van der Waals surface area contributed by atoms with Crippen molar-refractivity contribution in [1.82, 2.24) is 0 Å². The Morgan fingerprint density at radius 2 is 1.65 bits per heavy atom. The van der Waals surface area contributed by atoms with E-state index in [1.54, 1.807) is 0 Å². The number of benzene rings is 2. The largest absolute Gasteiger partial charge is 0.393 e. The molecule has 0 aliphatic carbocycles. The van der Waals surface area contributed by atoms with Crippen LogP contribution in [0.5, 0.6) is 0 Å². The summed E-state index contributed by atoms with van der Waals surface area (Å²) in [6, 6.07) is 18.3. The number of rotatable bonds is 3. The molecule has 0 aromatic heterocycles. The molecule has 0 unspecified atom stereocenters. The molecule has 86 valence electrons. The first-order valence-corrected chi connectivity index (χ1v) is 5.75. The van der Waals surface area contributed by atoms with Gasteiger partial charge in [0, 0.05) is 0 Å². The second kappa shape index (κ2) is 3.99. The highest BCUT2D eigenvalue weighted by atomic mass is 16.6. The molecule has 2 aromatic rings. The highest BCUT2D eigenvalue weighted by Gasteiger charge is 2.47. The van der Waals surface area contributed by atoms with Gasteiger partial charge in [0.1, 0.15) is 5.60 Å². The standard InChI is InChI=1S/C15H14O2/c16-10-15(11-17-15)14-9-5-4-8-13(14)12-6-2-1-3-7-12/h1-9,16H,10-11H2/t15-/m1/s1. The van der Waals surface area contributed by atoms with Gasteiger partial charge in [-0.3, -0.25) is 0 Å². The van der Waals surface area contributed by atoms with E-state index in [-0.39, 0.29) is 6.61 Å². The van der Waals surface area contributed by atoms with Gasteiger partial charge in [-0.15, -0.1) is 0 Å². The molecule has 3 rings (SSSR count). The molecular weight excluding hydrogens is 212 g/mol. The smallest absolute Gasteiger partial charge is 0.140 e. The van der Waals surface area contributed by atoms with Crippen molar-refractivity contribution in [2.45, 2.75) is 5.60 Å². The van der Waals surface area contributed by atoms with Crippen LogP contribution in [0.3, 0.4) is 0 Å². The van der Waals surface area contributed by atoms with Crippen molar-refractivity contribution < 1.29 is 9.84 Å². The van der Waals surface area contributed by atoms with Crippen molar-refractivity contribution in [2.24, 2.45) is 0 Å². The fraction of sp³-hybridized carbons (Fsp3) is 0.200. The van der Waals surface area contributed by atoms with E-state index < -0.39 is 5.60 Å². The molecule has 1 aliphatic heterocycles. The van der Waals surface area contributed by atoms with Crippen LogP contribution in [0.15, 0.2) is 54.6 Å². The number of aliphatic hydroxyl groups is 1. The molecule has 1 N–H and O–H groups in total. The third-order valence-corrected chi connectivity index (χ3v) is 3.25. The average Bonchev–Trinajstić information content (AvgIpc) is 3.21. The van der Waals surface area contributed by atoms with Crippen LogP contribution in [0.25, 0.3) is 11.1 Å². The molecule has 0 radical (unpaired) electrons. The number of hydrogen-bond donors (Lipinski definition) is 1. The van der Waals surface area contributed by atoms with E-state index in [2.05, 4.69) is 18.2 Å². The van der Waals surface area contributed by atoms with Gasteiger partial charge in [-0.2, -0.15) is 0 Å². The van der Waals surface area contributed by atoms with Crippen LogP contribution in [0.4, 0.5) is 0 Å². The lowest BCUT2D eigenvalue weighted by Crippen LogP contribution is -2.15. The van der Waals surface area contributed by atoms with Gasteiger partial charge in [-0.25, -0.2) is 0 Å². The minimum Gasteiger partial charge on any atom is -0.393 e. The van der Waals surface area contributed by atoms with E-state index in [1.165, 1.54) is 0 Å². The van der Waals surface area contributed by atoms with Gasteiger partial charge in [-0.1, -0.05) is 54.6 Å². The molecule has 1 saturated heterocycles. The fourth-order valence-electron chi connectivity index (χ4n) is 2.17. The summed E-state index contributed by atoms with van der Waals surface area (Å²) in [5.41, 5.74) is 2.91. The van der Waals surface area contributed by atoms with E-state index in [9.17, 15) is 5.11 Å². The van der Waals surface area contributed by atoms with E-state index >= 15 is 0 Å². The minimum atomic E-state index is -0.466. The first-order valence-electron chi connectivity index (χ1n) is 5.75. The molecule has 2 aromatic carbocycles. The normalized spacial score (nSPS) is 22.4. The lowest BCUT2D eigenvalue weighted by atomic mass is 9.91. The van der Waals surface area contributed by atoms with Crippen LogP contribution in [0.1, 0.15) is 5.56 Å². The summed E-state index contributed by atoms with van der Waals surface area (Å²) in [5, 5.41) is 9.46. The predicted octanol–water partition coefficient (Wildman–Crippen LogP) is 2.57. The molecule has 1 fully saturated rings. The number of aliphatic hydroxyl groups excluding tert-OH is 1. The van der Waals surface area contributed by atoms with E-state index in [1.807, 2.05) is 36.4 Å². The molecule has 0 spiro atoms. The summed E-state index contributed by atoms with van der Waals surface area (Å²) in [6.45, 7) is 0.643. The molecule has 0 bridgehead atoms. The zero-order chi connectivity index (χ0) is 11.7. The first kappa shape index (κ1) is 10.5. The Morgan fingerprint density at radius 3 is 2.29 bits per heavy atom. The van der Waals surface area contributed by atoms with Crippen molar-refractivity contribution >= 4 is 0 Å². The lowest BCUT2D eigenvalue weighted by molar-refractivity contribution is 0.173. The van der Waals surface area contributed by atoms with Crippen molar-refractivity contribution in [3.63, 3.8) is 0 Å². The zero-order valence-corrected chi connectivity index (χ0v) is 9.47. The van der Waals surface area contributed by atoms with Gasteiger partial charge < -0.3 is 9.84 Å². The van der Waals surface area contributed by atoms with Crippen molar-refractivity contribution in [1.29, 1.82) is 0 Å². The molecular formula is C15H14O2. The van der Waals surface area contributed by atoms with Gasteiger partial charge in [0.15, 0.2) is 0 Å². The highest BCUT2D eigenvalue weighted by molar-refractivity contribution is 5.69. The van der Waals surface area contributed by atoms with Gasteiger partial charge in [-0.05, 0) is 16.7 Å². The van der Waals surface area contributed by atoms with Crippen LogP contribution >= 0.6 is 0 Å². The monoisotopic (exact) mass is 226 g/mol. The fourth-order valence-corrected chi connectivity index (χ4v) is 2.17. The molecule has 2 nitrogen and oxygen atoms in total. The summed E-state index contributed by atoms with van der Waals surface area (Å²) in [7, 11) is 0. The lowest BCUT2D eigenvalue weighted by Gasteiger charge is -2.14. The maximum absolute atomic E-state index is 9.46. The molecule has 1 heterocycles. The summed E-state index contributed by atoms with van der Waals surface area (Å²) in [6.07, 6.45) is 0. The topological polar surface area (TPSA) is 32.8 Å². The van der Waals surface area contributed by atoms with E-state index in [0.717, 1.165) is 16.7 Å². The van der Waals surface area contributed by atoms with Crippen LogP contribution in [0.2, 0.25) is 0 Å². The van der Waals surface area contributed by atoms with Crippen molar-refractivity contribution in [3.05, 3.63) is 60.2 Å². The van der Waals surface area contributed by atoms with Gasteiger partial charge in [0.2, 0.25) is 0 Å². The molecule has 1 aliphatic rings. The minimum absolute atomic E-state index is 0.0385. The number of hydrogen-bond acceptors (Lipinski definition) is 2. The number of epoxide rings is 1. The third-order valence-electron chi connectivity index (χ3n) is 3.25. The Labute approximate surface area is 100 Å². The van der Waals surface area contributed by atoms with E-state index in [4.69, 9.17) is 4.74 Å². The Bertz CT molecular complexity index is 515. The molecule has 2 heteroatoms. The van der Waals surface area contributed by atoms with Crippen molar-refractivity contribution in [2.75, 3.05) is 13.2 Å². The third kappa shape index (κ3) is 1.75. The van der Waals surface area contributed by atoms with E-state index in [0.29, 0.717) is 6.61 Å². The second-order valence-electron chi connectivity index (χ2n) is 4.35. The number of ether oxygens (including phenoxy) is 1. The van der Waals surface area contributed by atoms with Gasteiger partial charge >= 0.3 is 0 Å². The first-order chi connectivity index (χ1) is 8.36. The summed E-state index contributed by atoms with van der Waals surface area (Å²) in [4.78, 5) is 0. The maximum Gasteiger partial charge on any atom is 0.140 e. The molecule has 1 atom stereocenters. The van der Waals surface area contributed by atoms with Crippen LogP contribution in [-0.2, 0) is 10.3 Å². The molecule has 0 saturated carbocycles. The highest BCUT2D eigenvalue weighted by Crippen LogP contribution is 2.42. The zero-order valence-electron chi connectivity index (χ0n) is 9.47. The Morgan fingerprint density at radius 1 is 1.00 bits per heavy atom. The molecule has 0 amide bonds. The average molecular weight is 226 g/mol. The Kier molecular flexibility index (Phi) is 2.46. The predicted molar refractivity (Wildman–Crippen MR) is 66.6 cm³/mol. The second-order valence-corrected chi connectivity index (χ2v) is 4.35. The summed E-state index contributed by atoms with van der Waals surface area (Å²) in [5.74, 6) is 0. The summed E-state index contributed by atoms with van der Waals surface area (Å²) >= 11 is 0. The summed E-state index contributed by atoms with van der Waals surface area (Å²) < 4.78 is 5.44. The van der Waals surface area contributed by atoms with Crippen molar-refractivity contribution in [3.8, 4) is 11.1 Å². The Balaban J connectivity index is 2.12. The SMILES string of the molecule is OC[C@]1(c2ccccc2-c2ccccc2)CO1. The quantitative estimate of drug-likeness (QED) is 0.816. The van der Waals surface area contributed by atoms with Crippen LogP contribution < -0.4 is 0 Å². The molecule has 17 heavy (non-hydrogen) atoms. The van der Waals surface area contributed by atoms with Gasteiger partial charge in [0.25, 0.3) is 0 Å². The van der Waals surface area contributed by atoms with Crippen LogP contribution in [0, 0.1) is 0 Å². The Hall–Kier alpha value is -1.64.